The van der Waals surface area contributed by atoms with Gasteiger partial charge in [0, 0.05) is 5.92 Å². The molecule has 0 saturated carbocycles. The third-order valence-corrected chi connectivity index (χ3v) is 3.32. The summed E-state index contributed by atoms with van der Waals surface area (Å²) in [4.78, 5) is 0. The van der Waals surface area contributed by atoms with Crippen molar-refractivity contribution < 1.29 is 0 Å². The molecule has 0 saturated heterocycles. The van der Waals surface area contributed by atoms with Gasteiger partial charge in [-0.1, -0.05) is 13.0 Å². The predicted molar refractivity (Wildman–Crippen MR) is 67.1 cm³/mol. The molecule has 1 rings (SSSR count). The van der Waals surface area contributed by atoms with Crippen LogP contribution < -0.4 is 0 Å². The van der Waals surface area contributed by atoms with E-state index in [1.807, 2.05) is 0 Å². The van der Waals surface area contributed by atoms with Crippen LogP contribution in [0.4, 0.5) is 0 Å². The number of aryl methyl sites for hydroxylation is 2. The summed E-state index contributed by atoms with van der Waals surface area (Å²) in [5, 5.41) is 0. The van der Waals surface area contributed by atoms with Crippen LogP contribution in [0.3, 0.4) is 0 Å². The fraction of sp³-hybridized carbons (Fsp3) is 0.467. The Hall–Kier alpha value is -1.22. The molecule has 1 aromatic carbocycles. The Morgan fingerprint density at radius 1 is 1.13 bits per heavy atom. The minimum absolute atomic E-state index is 0.323. The van der Waals surface area contributed by atoms with Crippen LogP contribution in [0, 0.1) is 46.0 Å². The van der Waals surface area contributed by atoms with Crippen molar-refractivity contribution >= 4 is 0 Å². The average molecular weight is 200 g/mol. The van der Waals surface area contributed by atoms with Crippen molar-refractivity contribution in [1.82, 2.24) is 0 Å². The molecule has 0 bridgehead atoms. The molecule has 0 aliphatic carbocycles. The first-order valence-corrected chi connectivity index (χ1v) is 5.49. The first-order valence-electron chi connectivity index (χ1n) is 5.49. The van der Waals surface area contributed by atoms with Crippen LogP contribution in [0.5, 0.6) is 0 Å². The molecule has 0 heterocycles. The smallest absolute Gasteiger partial charge is 0.0212 e. The zero-order valence-corrected chi connectivity index (χ0v) is 10.4. The van der Waals surface area contributed by atoms with Crippen molar-refractivity contribution in [2.45, 2.75) is 41.0 Å². The van der Waals surface area contributed by atoms with E-state index in [1.54, 1.807) is 0 Å². The van der Waals surface area contributed by atoms with Crippen LogP contribution >= 0.6 is 0 Å². The summed E-state index contributed by atoms with van der Waals surface area (Å²) >= 11 is 0. The van der Waals surface area contributed by atoms with Crippen molar-refractivity contribution in [3.63, 3.8) is 0 Å². The summed E-state index contributed by atoms with van der Waals surface area (Å²) in [5.41, 5.74) is 6.99. The second-order valence-corrected chi connectivity index (χ2v) is 4.51. The lowest BCUT2D eigenvalue weighted by atomic mass is 9.89. The molecule has 0 aliphatic heterocycles. The molecule has 1 aromatic rings. The van der Waals surface area contributed by atoms with Gasteiger partial charge < -0.3 is 0 Å². The molecule has 0 spiro atoms. The maximum Gasteiger partial charge on any atom is 0.0212 e. The highest BCUT2D eigenvalue weighted by Gasteiger charge is 2.10. The van der Waals surface area contributed by atoms with Gasteiger partial charge in [0.15, 0.2) is 0 Å². The molecule has 0 radical (unpaired) electrons. The quantitative estimate of drug-likeness (QED) is 0.638. The first kappa shape index (κ1) is 11.9. The number of terminal acetylenes is 1. The van der Waals surface area contributed by atoms with E-state index in [4.69, 9.17) is 6.42 Å². The topological polar surface area (TPSA) is 0 Å². The van der Waals surface area contributed by atoms with Gasteiger partial charge in [0.2, 0.25) is 0 Å². The molecular formula is C15H20. The molecule has 1 unspecified atom stereocenters. The van der Waals surface area contributed by atoms with Crippen LogP contribution in [0.2, 0.25) is 0 Å². The maximum absolute atomic E-state index is 5.45. The highest BCUT2D eigenvalue weighted by Crippen LogP contribution is 2.23. The molecular weight excluding hydrogens is 180 g/mol. The van der Waals surface area contributed by atoms with Crippen LogP contribution in [-0.4, -0.2) is 0 Å². The summed E-state index contributed by atoms with van der Waals surface area (Å²) in [7, 11) is 0. The van der Waals surface area contributed by atoms with Crippen molar-refractivity contribution in [3.8, 4) is 12.3 Å². The summed E-state index contributed by atoms with van der Waals surface area (Å²) in [5.74, 6) is 3.13. The largest absolute Gasteiger partial charge is 0.120 e. The molecule has 0 fully saturated rings. The van der Waals surface area contributed by atoms with E-state index in [2.05, 4.69) is 46.6 Å². The molecule has 15 heavy (non-hydrogen) atoms. The van der Waals surface area contributed by atoms with Gasteiger partial charge in [-0.3, -0.25) is 0 Å². The zero-order chi connectivity index (χ0) is 11.6. The Labute approximate surface area is 93.7 Å². The van der Waals surface area contributed by atoms with Gasteiger partial charge >= 0.3 is 0 Å². The monoisotopic (exact) mass is 200 g/mol. The molecule has 0 amide bonds. The van der Waals surface area contributed by atoms with E-state index < -0.39 is 0 Å². The number of hydrogen-bond donors (Lipinski definition) is 0. The van der Waals surface area contributed by atoms with Crippen LogP contribution in [0.25, 0.3) is 0 Å². The van der Waals surface area contributed by atoms with E-state index in [0.29, 0.717) is 5.92 Å². The standard InChI is InChI=1S/C15H20/c1-7-10(2)8-15-13(5)11(3)9-12(4)14(15)6/h1,9-10H,8H2,2-6H3. The highest BCUT2D eigenvalue weighted by atomic mass is 14.1. The number of benzene rings is 1. The minimum Gasteiger partial charge on any atom is -0.120 e. The van der Waals surface area contributed by atoms with Crippen LogP contribution in [0.1, 0.15) is 34.7 Å². The maximum atomic E-state index is 5.45. The van der Waals surface area contributed by atoms with Crippen molar-refractivity contribution in [2.75, 3.05) is 0 Å². The third-order valence-electron chi connectivity index (χ3n) is 3.32. The molecule has 0 heteroatoms. The Kier molecular flexibility index (Phi) is 3.58. The fourth-order valence-corrected chi connectivity index (χ4v) is 1.97. The Morgan fingerprint density at radius 3 is 2.00 bits per heavy atom. The van der Waals surface area contributed by atoms with Gasteiger partial charge in [0.05, 0.1) is 0 Å². The van der Waals surface area contributed by atoms with Crippen molar-refractivity contribution in [2.24, 2.45) is 5.92 Å². The summed E-state index contributed by atoms with van der Waals surface area (Å²) in [6.45, 7) is 10.8. The second-order valence-electron chi connectivity index (χ2n) is 4.51. The molecule has 1 atom stereocenters. The van der Waals surface area contributed by atoms with E-state index in [1.165, 1.54) is 27.8 Å². The number of rotatable bonds is 2. The lowest BCUT2D eigenvalue weighted by molar-refractivity contribution is 0.741. The zero-order valence-electron chi connectivity index (χ0n) is 10.4. The average Bonchev–Trinajstić information content (AvgIpc) is 2.21. The normalized spacial score (nSPS) is 12.3. The van der Waals surface area contributed by atoms with E-state index in [9.17, 15) is 0 Å². The Bertz CT molecular complexity index is 379. The van der Waals surface area contributed by atoms with Crippen molar-refractivity contribution in [3.05, 3.63) is 33.9 Å². The van der Waals surface area contributed by atoms with Crippen LogP contribution in [0.15, 0.2) is 6.07 Å². The molecule has 0 aromatic heterocycles. The second kappa shape index (κ2) is 4.53. The third kappa shape index (κ3) is 2.42. The highest BCUT2D eigenvalue weighted by molar-refractivity contribution is 5.44. The molecule has 0 N–H and O–H groups in total. The lowest BCUT2D eigenvalue weighted by Crippen LogP contribution is -2.04. The van der Waals surface area contributed by atoms with Crippen molar-refractivity contribution in [1.29, 1.82) is 0 Å². The van der Waals surface area contributed by atoms with E-state index in [-0.39, 0.29) is 0 Å². The van der Waals surface area contributed by atoms with Gasteiger partial charge in [-0.2, -0.15) is 0 Å². The fourth-order valence-electron chi connectivity index (χ4n) is 1.97. The summed E-state index contributed by atoms with van der Waals surface area (Å²) in [6, 6.07) is 2.26. The first-order chi connectivity index (χ1) is 6.97. The Balaban J connectivity index is 3.22. The van der Waals surface area contributed by atoms with Crippen LogP contribution in [-0.2, 0) is 6.42 Å². The lowest BCUT2D eigenvalue weighted by Gasteiger charge is -2.16. The van der Waals surface area contributed by atoms with Gasteiger partial charge in [0.25, 0.3) is 0 Å². The minimum atomic E-state index is 0.323. The molecule has 0 nitrogen and oxygen atoms in total. The SMILES string of the molecule is C#CC(C)Cc1c(C)c(C)cc(C)c1C. The van der Waals surface area contributed by atoms with Gasteiger partial charge in [-0.25, -0.2) is 0 Å². The summed E-state index contributed by atoms with van der Waals surface area (Å²) < 4.78 is 0. The Morgan fingerprint density at radius 2 is 1.60 bits per heavy atom. The molecule has 80 valence electrons. The van der Waals surface area contributed by atoms with E-state index in [0.717, 1.165) is 6.42 Å². The number of hydrogen-bond acceptors (Lipinski definition) is 0. The molecule has 0 aliphatic rings. The predicted octanol–water partition coefficient (Wildman–Crippen LogP) is 3.73. The van der Waals surface area contributed by atoms with Gasteiger partial charge in [-0.05, 0) is 61.9 Å². The van der Waals surface area contributed by atoms with Gasteiger partial charge in [-0.15, -0.1) is 12.3 Å². The van der Waals surface area contributed by atoms with E-state index >= 15 is 0 Å². The van der Waals surface area contributed by atoms with Gasteiger partial charge in [0.1, 0.15) is 0 Å². The summed E-state index contributed by atoms with van der Waals surface area (Å²) in [6.07, 6.45) is 6.44.